The predicted octanol–water partition coefficient (Wildman–Crippen LogP) is 3.16. The molecule has 1 atom stereocenters. The van der Waals surface area contributed by atoms with Crippen LogP contribution in [0.2, 0.25) is 0 Å². The molecule has 110 valence electrons. The van der Waals surface area contributed by atoms with Gasteiger partial charge in [-0.3, -0.25) is 0 Å². The van der Waals surface area contributed by atoms with Crippen LogP contribution >= 0.6 is 0 Å². The molecular formula is C15H14F3N3. The fraction of sp³-hybridized carbons (Fsp3) is 0.333. The molecule has 0 aliphatic heterocycles. The minimum absolute atomic E-state index is 0.140. The van der Waals surface area contributed by atoms with Crippen molar-refractivity contribution in [1.82, 2.24) is 15.3 Å². The Balaban J connectivity index is 2.05. The number of rotatable bonds is 2. The van der Waals surface area contributed by atoms with Crippen LogP contribution in [0.15, 0.2) is 18.3 Å². The van der Waals surface area contributed by atoms with Crippen molar-refractivity contribution in [3.8, 4) is 11.4 Å². The molecule has 0 bridgehead atoms. The summed E-state index contributed by atoms with van der Waals surface area (Å²) in [5, 5.41) is 3.20. The fourth-order valence-electron chi connectivity index (χ4n) is 2.67. The van der Waals surface area contributed by atoms with Gasteiger partial charge in [0.05, 0.1) is 0 Å². The second-order valence-corrected chi connectivity index (χ2v) is 5.08. The molecule has 0 spiro atoms. The lowest BCUT2D eigenvalue weighted by Crippen LogP contribution is -2.22. The number of hydrogen-bond acceptors (Lipinski definition) is 3. The number of aromatic nitrogens is 2. The molecule has 0 fully saturated rings. The highest BCUT2D eigenvalue weighted by Gasteiger charge is 2.21. The van der Waals surface area contributed by atoms with Gasteiger partial charge in [-0.1, -0.05) is 0 Å². The molecule has 1 heterocycles. The molecule has 1 N–H and O–H groups in total. The van der Waals surface area contributed by atoms with Gasteiger partial charge in [-0.05, 0) is 38.4 Å². The number of fused-ring (bicyclic) bond motifs is 1. The summed E-state index contributed by atoms with van der Waals surface area (Å²) in [5.74, 6) is -3.74. The summed E-state index contributed by atoms with van der Waals surface area (Å²) >= 11 is 0. The van der Waals surface area contributed by atoms with Gasteiger partial charge >= 0.3 is 0 Å². The van der Waals surface area contributed by atoms with Crippen molar-refractivity contribution in [2.75, 3.05) is 7.05 Å². The first-order valence-electron chi connectivity index (χ1n) is 6.78. The summed E-state index contributed by atoms with van der Waals surface area (Å²) < 4.78 is 39.6. The van der Waals surface area contributed by atoms with Gasteiger partial charge in [-0.25, -0.2) is 23.1 Å². The van der Waals surface area contributed by atoms with E-state index in [9.17, 15) is 13.2 Å². The summed E-state index contributed by atoms with van der Waals surface area (Å²) in [6.07, 6.45) is 4.47. The second kappa shape index (κ2) is 5.44. The van der Waals surface area contributed by atoms with Crippen LogP contribution in [-0.4, -0.2) is 17.0 Å². The second-order valence-electron chi connectivity index (χ2n) is 5.08. The van der Waals surface area contributed by atoms with E-state index in [0.29, 0.717) is 0 Å². The van der Waals surface area contributed by atoms with Crippen molar-refractivity contribution in [3.05, 3.63) is 47.0 Å². The maximum Gasteiger partial charge on any atom is 0.194 e. The van der Waals surface area contributed by atoms with Crippen LogP contribution in [-0.2, 0) is 6.42 Å². The first-order valence-corrected chi connectivity index (χ1v) is 6.78. The van der Waals surface area contributed by atoms with Crippen LogP contribution in [0.1, 0.15) is 30.1 Å². The molecule has 0 amide bonds. The van der Waals surface area contributed by atoms with Gasteiger partial charge in [0.2, 0.25) is 0 Å². The van der Waals surface area contributed by atoms with Crippen molar-refractivity contribution in [3.63, 3.8) is 0 Å². The van der Waals surface area contributed by atoms with E-state index in [4.69, 9.17) is 0 Å². The maximum absolute atomic E-state index is 13.3. The van der Waals surface area contributed by atoms with Crippen LogP contribution in [0.5, 0.6) is 0 Å². The summed E-state index contributed by atoms with van der Waals surface area (Å²) in [6, 6.07) is 2.03. The zero-order valence-corrected chi connectivity index (χ0v) is 11.5. The van der Waals surface area contributed by atoms with Crippen molar-refractivity contribution in [2.45, 2.75) is 25.3 Å². The lowest BCUT2D eigenvalue weighted by molar-refractivity contribution is 0.447. The standard InChI is InChI=1S/C15H14F3N3/c1-19-12-3-2-4-13-9(12)7-20-15(21-13)8-5-10(16)14(18)11(17)6-8/h5-7,12,19H,2-4H2,1H3. The Kier molecular flexibility index (Phi) is 3.63. The molecule has 0 saturated carbocycles. The van der Waals surface area contributed by atoms with E-state index in [1.165, 1.54) is 0 Å². The van der Waals surface area contributed by atoms with Crippen molar-refractivity contribution in [2.24, 2.45) is 0 Å². The van der Waals surface area contributed by atoms with E-state index in [1.54, 1.807) is 6.20 Å². The van der Waals surface area contributed by atoms with Gasteiger partial charge < -0.3 is 5.32 Å². The van der Waals surface area contributed by atoms with Crippen LogP contribution in [0.25, 0.3) is 11.4 Å². The molecule has 1 aliphatic carbocycles. The normalized spacial score (nSPS) is 17.6. The third-order valence-corrected chi connectivity index (χ3v) is 3.77. The predicted molar refractivity (Wildman–Crippen MR) is 72.1 cm³/mol. The Morgan fingerprint density at radius 1 is 1.19 bits per heavy atom. The molecule has 0 radical (unpaired) electrons. The summed E-state index contributed by atoms with van der Waals surface area (Å²) in [7, 11) is 1.87. The van der Waals surface area contributed by atoms with Gasteiger partial charge in [0.1, 0.15) is 0 Å². The summed E-state index contributed by atoms with van der Waals surface area (Å²) in [4.78, 5) is 8.55. The van der Waals surface area contributed by atoms with Crippen molar-refractivity contribution in [1.29, 1.82) is 0 Å². The van der Waals surface area contributed by atoms with Crippen LogP contribution in [0.3, 0.4) is 0 Å². The van der Waals surface area contributed by atoms with Gasteiger partial charge in [-0.2, -0.15) is 0 Å². The first-order chi connectivity index (χ1) is 10.1. The number of benzene rings is 1. The van der Waals surface area contributed by atoms with Crippen molar-refractivity contribution >= 4 is 0 Å². The Bertz CT molecular complexity index is 665. The van der Waals surface area contributed by atoms with Crippen LogP contribution < -0.4 is 5.32 Å². The molecule has 3 nitrogen and oxygen atoms in total. The van der Waals surface area contributed by atoms with E-state index in [-0.39, 0.29) is 17.4 Å². The number of nitrogens with zero attached hydrogens (tertiary/aromatic N) is 2. The van der Waals surface area contributed by atoms with Gasteiger partial charge in [-0.15, -0.1) is 0 Å². The Hall–Kier alpha value is -1.95. The maximum atomic E-state index is 13.3. The highest BCUT2D eigenvalue weighted by atomic mass is 19.2. The number of aryl methyl sites for hydroxylation is 1. The fourth-order valence-corrected chi connectivity index (χ4v) is 2.67. The van der Waals surface area contributed by atoms with E-state index >= 15 is 0 Å². The van der Waals surface area contributed by atoms with Gasteiger partial charge in [0.25, 0.3) is 0 Å². The van der Waals surface area contributed by atoms with Crippen LogP contribution in [0.4, 0.5) is 13.2 Å². The van der Waals surface area contributed by atoms with Gasteiger partial charge in [0, 0.05) is 29.1 Å². The number of hydrogen-bond donors (Lipinski definition) is 1. The number of halogens is 3. The third kappa shape index (κ3) is 2.51. The SMILES string of the molecule is CNC1CCCc2nc(-c3cc(F)c(F)c(F)c3)ncc21. The molecule has 1 unspecified atom stereocenters. The zero-order valence-electron chi connectivity index (χ0n) is 11.5. The minimum atomic E-state index is -1.48. The van der Waals surface area contributed by atoms with Crippen LogP contribution in [0, 0.1) is 17.5 Å². The highest BCUT2D eigenvalue weighted by Crippen LogP contribution is 2.29. The molecule has 21 heavy (non-hydrogen) atoms. The molecule has 1 aliphatic rings. The summed E-state index contributed by atoms with van der Waals surface area (Å²) in [6.45, 7) is 0. The topological polar surface area (TPSA) is 37.8 Å². The average molecular weight is 293 g/mol. The quantitative estimate of drug-likeness (QED) is 0.864. The average Bonchev–Trinajstić information content (AvgIpc) is 2.50. The van der Waals surface area contributed by atoms with Crippen molar-refractivity contribution < 1.29 is 13.2 Å². The first kappa shape index (κ1) is 14.0. The molecular weight excluding hydrogens is 279 g/mol. The van der Waals surface area contributed by atoms with E-state index in [0.717, 1.165) is 42.7 Å². The largest absolute Gasteiger partial charge is 0.313 e. The molecule has 6 heteroatoms. The Morgan fingerprint density at radius 2 is 1.90 bits per heavy atom. The van der Waals surface area contributed by atoms with E-state index in [1.807, 2.05) is 7.05 Å². The van der Waals surface area contributed by atoms with Gasteiger partial charge in [0.15, 0.2) is 23.3 Å². The smallest absolute Gasteiger partial charge is 0.194 e. The number of nitrogens with one attached hydrogen (secondary N) is 1. The zero-order chi connectivity index (χ0) is 15.0. The minimum Gasteiger partial charge on any atom is -0.313 e. The highest BCUT2D eigenvalue weighted by molar-refractivity contribution is 5.55. The summed E-state index contributed by atoms with van der Waals surface area (Å²) in [5.41, 5.74) is 2.02. The lowest BCUT2D eigenvalue weighted by atomic mass is 9.92. The molecule has 1 aromatic carbocycles. The molecule has 1 aromatic heterocycles. The monoisotopic (exact) mass is 293 g/mol. The molecule has 3 rings (SSSR count). The molecule has 0 saturated heterocycles. The lowest BCUT2D eigenvalue weighted by Gasteiger charge is -2.24. The van der Waals surface area contributed by atoms with E-state index in [2.05, 4.69) is 15.3 Å². The third-order valence-electron chi connectivity index (χ3n) is 3.77. The molecule has 2 aromatic rings. The Morgan fingerprint density at radius 3 is 2.57 bits per heavy atom. The van der Waals surface area contributed by atoms with E-state index < -0.39 is 17.5 Å². The Labute approximate surface area is 120 Å².